The van der Waals surface area contributed by atoms with E-state index in [2.05, 4.69) is 65.0 Å². The van der Waals surface area contributed by atoms with Crippen LogP contribution in [0.4, 0.5) is 59.5 Å². The number of nitrogens with one attached hydrogen (secondary N) is 9. The maximum atomic E-state index is 14.3. The maximum absolute atomic E-state index is 14.3. The van der Waals surface area contributed by atoms with Gasteiger partial charge in [0.25, 0.3) is 0 Å². The van der Waals surface area contributed by atoms with Crippen LogP contribution in [0.3, 0.4) is 0 Å². The molecule has 0 saturated heterocycles. The summed E-state index contributed by atoms with van der Waals surface area (Å²) in [6.07, 6.45) is 11.2. The second-order valence-corrected chi connectivity index (χ2v) is 30.4. The predicted molar refractivity (Wildman–Crippen MR) is 435 cm³/mol. The highest BCUT2D eigenvalue weighted by atomic mass is 19.2. The van der Waals surface area contributed by atoms with Gasteiger partial charge in [-0.1, -0.05) is 78.9 Å². The van der Waals surface area contributed by atoms with E-state index in [1.54, 1.807) is 0 Å². The summed E-state index contributed by atoms with van der Waals surface area (Å²) < 4.78 is 123. The molecule has 3 aliphatic heterocycles. The van der Waals surface area contributed by atoms with E-state index in [0.29, 0.717) is 81.1 Å². The first-order valence-electron chi connectivity index (χ1n) is 40.3. The number of allylic oxidation sites excluding steroid dienone is 1. The van der Waals surface area contributed by atoms with Crippen molar-refractivity contribution in [1.82, 2.24) is 67.5 Å². The molecular formula is C88H99F7N14O15. The fourth-order valence-corrected chi connectivity index (χ4v) is 16.6. The predicted octanol–water partition coefficient (Wildman–Crippen LogP) is 11.7. The Morgan fingerprint density at radius 1 is 0.468 bits per heavy atom. The summed E-state index contributed by atoms with van der Waals surface area (Å²) in [5.41, 5.74) is 1.39. The molecular weight excluding hydrogens is 1630 g/mol. The number of Topliss-reactive ketones (excluding diaryl/α,β-unsaturated/α-hetero) is 1. The second kappa shape index (κ2) is 43.6. The number of imide groups is 3. The standard InChI is InChI=1S/C31H36F2N4O7.C29H30F3N5O3.C28H33F2N5O5/c1-42-18-24-25(27(38)43-2)26(19-9-10-22(32)23(33)17-19)37(30(41)36-24)29(40)35-16-15-34-21-11-13-31(14-12-21,28(39)44-3)20-7-5-4-6-8-20;1-17-24(18(2)38)26(19-14-22(30)25(32)23(31)15-19)37(28(40)36-17)27(39)35-13-12-34-21-8-10-29(16-33,11-9-21)20-6-4-3-5-7-20;1-39-16-23-24(26(36)40-2)25(18-8-11-20(29)21(30)15-18)35(28(38)34-23)27(37)33-14-13-31-19-9-6-17(7-10-19)22-5-3-4-12-32-22/h4-10,17,21,26,34H,11-16,18H2,1-3H3,(H,35,40)(H,36,41);3-7,14-15,21,26,34H,8-13H2,1-2H3,(H,35,39)(H,36,40);3-5,8,11-12,15,17,19,25,31H,6-7,9-10,13-14,16H2,1-2H3,(H,33,37)(H,34,38). The zero-order chi connectivity index (χ0) is 89.5. The van der Waals surface area contributed by atoms with Crippen molar-refractivity contribution in [2.45, 2.75) is 144 Å². The lowest BCUT2D eigenvalue weighted by Gasteiger charge is -2.38. The van der Waals surface area contributed by atoms with Gasteiger partial charge in [0.05, 0.1) is 80.0 Å². The Morgan fingerprint density at radius 3 is 1.27 bits per heavy atom. The molecule has 0 bridgehead atoms. The number of urea groups is 6. The summed E-state index contributed by atoms with van der Waals surface area (Å²) in [4.78, 5) is 136. The van der Waals surface area contributed by atoms with E-state index in [9.17, 15) is 83.9 Å². The minimum Gasteiger partial charge on any atom is -0.468 e. The highest BCUT2D eigenvalue weighted by Crippen LogP contribution is 2.44. The number of rotatable bonds is 26. The summed E-state index contributed by atoms with van der Waals surface area (Å²) in [5.74, 6) is -11.5. The van der Waals surface area contributed by atoms with Gasteiger partial charge in [0.2, 0.25) is 0 Å². The van der Waals surface area contributed by atoms with E-state index in [-0.39, 0.29) is 107 Å². The van der Waals surface area contributed by atoms with Crippen LogP contribution in [0.5, 0.6) is 0 Å². The number of esters is 3. The maximum Gasteiger partial charge on any atom is 0.338 e. The first kappa shape index (κ1) is 93.8. The third-order valence-corrected chi connectivity index (χ3v) is 22.8. The molecule has 0 radical (unpaired) electrons. The average Bonchev–Trinajstić information content (AvgIpc) is 0.756. The number of carbonyl (C=O) groups excluding carboxylic acids is 10. The zero-order valence-corrected chi connectivity index (χ0v) is 69.4. The molecule has 0 spiro atoms. The van der Waals surface area contributed by atoms with E-state index < -0.39 is 124 Å². The van der Waals surface area contributed by atoms with Crippen molar-refractivity contribution >= 4 is 59.9 Å². The lowest BCUT2D eigenvalue weighted by atomic mass is 9.68. The Balaban J connectivity index is 0.000000195. The van der Waals surface area contributed by atoms with Crippen LogP contribution in [0.25, 0.3) is 0 Å². The molecule has 3 atom stereocenters. The van der Waals surface area contributed by atoms with Crippen molar-refractivity contribution in [3.63, 3.8) is 0 Å². The van der Waals surface area contributed by atoms with Crippen LogP contribution in [0, 0.1) is 52.1 Å². The molecule has 4 heterocycles. The third-order valence-electron chi connectivity index (χ3n) is 22.8. The summed E-state index contributed by atoms with van der Waals surface area (Å²) in [6, 6.07) is 25.8. The SMILES string of the molecule is CC(=O)C1=C(C)NC(=O)N(C(=O)NCCNC2CCC(C#N)(c3ccccc3)CC2)C1c1cc(F)c(F)c(F)c1.COCC1=C(C(=O)OC)C(c2ccc(F)c(F)c2)N(C(=O)NCCNC2CCC(C(=O)OC)(c3ccccc3)CC2)C(=O)N1.COCC1=C(C(=O)OC)C(c2ccc(F)c(F)c2)N(C(=O)NCCNC2CCC(c3ccccn3)CC2)C(=O)N1. The summed E-state index contributed by atoms with van der Waals surface area (Å²) in [5, 5.41) is 35.4. The molecule has 36 heteroatoms. The van der Waals surface area contributed by atoms with Crippen LogP contribution in [-0.2, 0) is 53.7 Å². The Morgan fingerprint density at radius 2 is 0.871 bits per heavy atom. The lowest BCUT2D eigenvalue weighted by Crippen LogP contribution is -2.56. The van der Waals surface area contributed by atoms with Crippen molar-refractivity contribution in [2.24, 2.45) is 0 Å². The molecule has 3 unspecified atom stereocenters. The second-order valence-electron chi connectivity index (χ2n) is 30.4. The topological polar surface area (TPSA) is 372 Å². The number of ether oxygens (including phenoxy) is 5. The number of halogens is 7. The largest absolute Gasteiger partial charge is 0.468 e. The molecule has 660 valence electrons. The summed E-state index contributed by atoms with van der Waals surface area (Å²) in [7, 11) is 6.35. The first-order valence-corrected chi connectivity index (χ1v) is 40.3. The van der Waals surface area contributed by atoms with E-state index in [0.717, 1.165) is 104 Å². The number of amides is 12. The molecule has 3 saturated carbocycles. The normalized spacial score (nSPS) is 22.0. The van der Waals surface area contributed by atoms with Crippen LogP contribution >= 0.6 is 0 Å². The van der Waals surface area contributed by atoms with Crippen molar-refractivity contribution < 1.29 is 102 Å². The highest BCUT2D eigenvalue weighted by Gasteiger charge is 2.48. The van der Waals surface area contributed by atoms with Crippen LogP contribution in [-0.4, -0.2) is 186 Å². The van der Waals surface area contributed by atoms with Gasteiger partial charge < -0.3 is 71.5 Å². The Kier molecular flexibility index (Phi) is 33.0. The fraction of sp³-hybridized carbons (Fsp3) is 0.409. The molecule has 6 aromatic rings. The number of pyridine rings is 1. The molecule has 9 N–H and O–H groups in total. The zero-order valence-electron chi connectivity index (χ0n) is 69.4. The van der Waals surface area contributed by atoms with Crippen molar-refractivity contribution in [1.29, 1.82) is 5.26 Å². The first-order chi connectivity index (χ1) is 59.6. The fourth-order valence-electron chi connectivity index (χ4n) is 16.6. The summed E-state index contributed by atoms with van der Waals surface area (Å²) >= 11 is 0. The van der Waals surface area contributed by atoms with E-state index in [1.807, 2.05) is 79.0 Å². The van der Waals surface area contributed by atoms with Gasteiger partial charge in [-0.3, -0.25) is 14.6 Å². The monoisotopic (exact) mass is 1720 g/mol. The number of carbonyl (C=O) groups is 10. The van der Waals surface area contributed by atoms with Crippen molar-refractivity contribution in [3.8, 4) is 6.07 Å². The van der Waals surface area contributed by atoms with E-state index in [1.165, 1.54) is 47.3 Å². The van der Waals surface area contributed by atoms with Gasteiger partial charge in [-0.25, -0.2) is 83.8 Å². The van der Waals surface area contributed by atoms with Gasteiger partial charge in [-0.15, -0.1) is 0 Å². The van der Waals surface area contributed by atoms with Crippen LogP contribution in [0.15, 0.2) is 167 Å². The number of hydrogen-bond donors (Lipinski definition) is 9. The van der Waals surface area contributed by atoms with Gasteiger partial charge in [-0.2, -0.15) is 5.26 Å². The van der Waals surface area contributed by atoms with Crippen LogP contribution in [0.1, 0.15) is 148 Å². The molecule has 5 aromatic carbocycles. The Hall–Kier alpha value is -12.4. The summed E-state index contributed by atoms with van der Waals surface area (Å²) in [6.45, 7) is 3.78. The molecule has 12 rings (SSSR count). The molecule has 12 amide bonds. The Bertz CT molecular complexity index is 5000. The molecule has 1 aromatic heterocycles. The minimum atomic E-state index is -1.70. The number of ketones is 1. The molecule has 3 fully saturated rings. The number of nitrogens with zero attached hydrogens (tertiary/aromatic N) is 5. The van der Waals surface area contributed by atoms with E-state index in [4.69, 9.17) is 23.7 Å². The van der Waals surface area contributed by atoms with Gasteiger partial charge in [-0.05, 0) is 167 Å². The van der Waals surface area contributed by atoms with E-state index >= 15 is 0 Å². The van der Waals surface area contributed by atoms with Crippen molar-refractivity contribution in [2.75, 3.05) is 88.0 Å². The smallest absolute Gasteiger partial charge is 0.338 e. The number of aromatic nitrogens is 1. The van der Waals surface area contributed by atoms with Gasteiger partial charge >= 0.3 is 54.1 Å². The van der Waals surface area contributed by atoms with Gasteiger partial charge in [0.15, 0.2) is 46.5 Å². The lowest BCUT2D eigenvalue weighted by molar-refractivity contribution is -0.149. The third kappa shape index (κ3) is 22.1. The minimum absolute atomic E-state index is 0.0145. The average molecular weight is 1730 g/mol. The van der Waals surface area contributed by atoms with Crippen LogP contribution < -0.4 is 47.9 Å². The van der Waals surface area contributed by atoms with Crippen LogP contribution in [0.2, 0.25) is 0 Å². The van der Waals surface area contributed by atoms with Crippen molar-refractivity contribution in [3.05, 3.63) is 242 Å². The van der Waals surface area contributed by atoms with Gasteiger partial charge in [0.1, 0.15) is 12.1 Å². The highest BCUT2D eigenvalue weighted by molar-refractivity contribution is 6.05. The van der Waals surface area contributed by atoms with Gasteiger partial charge in [0, 0.05) is 101 Å². The number of benzene rings is 5. The number of methoxy groups -OCH3 is 5. The quantitative estimate of drug-likeness (QED) is 0.00800. The molecule has 6 aliphatic rings. The Labute approximate surface area is 711 Å². The molecule has 3 aliphatic carbocycles. The molecule has 124 heavy (non-hydrogen) atoms. The number of nitriles is 1. The molecule has 29 nitrogen and oxygen atoms in total. The number of hydrogen-bond acceptors (Lipinski definition) is 20.